The Morgan fingerprint density at radius 1 is 0.913 bits per heavy atom. The van der Waals surface area contributed by atoms with Crippen LogP contribution in [0.5, 0.6) is 11.5 Å². The van der Waals surface area contributed by atoms with Crippen LogP contribution in [0.2, 0.25) is 0 Å². The SMILES string of the molecule is CC(=O)Oc1cc(OC(C)=O)c(-c2oc(=O)ccc2C)cc1C. The van der Waals surface area contributed by atoms with E-state index >= 15 is 0 Å². The molecule has 1 aromatic heterocycles. The average molecular weight is 316 g/mol. The van der Waals surface area contributed by atoms with Gasteiger partial charge in [-0.25, -0.2) is 4.79 Å². The fraction of sp³-hybridized carbons (Fsp3) is 0.235. The van der Waals surface area contributed by atoms with Gasteiger partial charge in [-0.15, -0.1) is 0 Å². The smallest absolute Gasteiger partial charge is 0.336 e. The number of aryl methyl sites for hydroxylation is 2. The van der Waals surface area contributed by atoms with Crippen molar-refractivity contribution in [2.75, 3.05) is 0 Å². The first-order valence-electron chi connectivity index (χ1n) is 6.90. The molecule has 0 aliphatic rings. The van der Waals surface area contributed by atoms with Crippen LogP contribution in [0.15, 0.2) is 33.5 Å². The monoisotopic (exact) mass is 316 g/mol. The average Bonchev–Trinajstić information content (AvgIpc) is 2.44. The van der Waals surface area contributed by atoms with Gasteiger partial charge in [-0.05, 0) is 37.1 Å². The van der Waals surface area contributed by atoms with Crippen LogP contribution in [0.25, 0.3) is 11.3 Å². The molecule has 0 bridgehead atoms. The molecule has 6 heteroatoms. The maximum absolute atomic E-state index is 11.5. The molecule has 2 rings (SSSR count). The van der Waals surface area contributed by atoms with Crippen molar-refractivity contribution in [3.63, 3.8) is 0 Å². The molecule has 0 N–H and O–H groups in total. The summed E-state index contributed by atoms with van der Waals surface area (Å²) in [6.07, 6.45) is 0. The minimum absolute atomic E-state index is 0.150. The van der Waals surface area contributed by atoms with Gasteiger partial charge < -0.3 is 13.9 Å². The fourth-order valence-electron chi connectivity index (χ4n) is 2.10. The zero-order valence-corrected chi connectivity index (χ0v) is 13.3. The van der Waals surface area contributed by atoms with E-state index in [1.165, 1.54) is 26.0 Å². The number of hydrogen-bond acceptors (Lipinski definition) is 6. The van der Waals surface area contributed by atoms with Crippen LogP contribution in [0.3, 0.4) is 0 Å². The Labute approximate surface area is 132 Å². The summed E-state index contributed by atoms with van der Waals surface area (Å²) in [5, 5.41) is 0. The molecule has 23 heavy (non-hydrogen) atoms. The largest absolute Gasteiger partial charge is 0.426 e. The van der Waals surface area contributed by atoms with Crippen molar-refractivity contribution >= 4 is 11.9 Å². The molecule has 0 saturated heterocycles. The molecule has 6 nitrogen and oxygen atoms in total. The summed E-state index contributed by atoms with van der Waals surface area (Å²) in [4.78, 5) is 34.0. The van der Waals surface area contributed by atoms with Crippen molar-refractivity contribution in [2.45, 2.75) is 27.7 Å². The first-order chi connectivity index (χ1) is 10.8. The molecule has 0 fully saturated rings. The standard InChI is InChI=1S/C17H16O6/c1-9-5-6-16(20)23-17(9)13-7-10(2)14(21-11(3)18)8-15(13)22-12(4)19/h5-8H,1-4H3. The zero-order valence-electron chi connectivity index (χ0n) is 13.3. The van der Waals surface area contributed by atoms with Crippen LogP contribution < -0.4 is 15.1 Å². The maximum Gasteiger partial charge on any atom is 0.336 e. The van der Waals surface area contributed by atoms with Gasteiger partial charge in [0.15, 0.2) is 0 Å². The van der Waals surface area contributed by atoms with Crippen molar-refractivity contribution < 1.29 is 23.5 Å². The van der Waals surface area contributed by atoms with Crippen molar-refractivity contribution in [1.82, 2.24) is 0 Å². The lowest BCUT2D eigenvalue weighted by Gasteiger charge is -2.14. The van der Waals surface area contributed by atoms with Crippen LogP contribution in [0.1, 0.15) is 25.0 Å². The third-order valence-corrected chi connectivity index (χ3v) is 3.06. The third kappa shape index (κ3) is 3.85. The predicted molar refractivity (Wildman–Crippen MR) is 82.5 cm³/mol. The molecule has 1 heterocycles. The molecule has 0 amide bonds. The fourth-order valence-corrected chi connectivity index (χ4v) is 2.10. The van der Waals surface area contributed by atoms with Gasteiger partial charge in [-0.2, -0.15) is 0 Å². The number of ether oxygens (including phenoxy) is 2. The molecule has 1 aromatic carbocycles. The van der Waals surface area contributed by atoms with Crippen molar-refractivity contribution in [2.24, 2.45) is 0 Å². The molecular weight excluding hydrogens is 300 g/mol. The number of rotatable bonds is 3. The molecule has 0 aliphatic carbocycles. The van der Waals surface area contributed by atoms with Gasteiger partial charge in [-0.1, -0.05) is 0 Å². The number of hydrogen-bond donors (Lipinski definition) is 0. The number of benzene rings is 1. The van der Waals surface area contributed by atoms with E-state index < -0.39 is 17.6 Å². The molecule has 0 spiro atoms. The Morgan fingerprint density at radius 3 is 2.13 bits per heavy atom. The molecule has 0 saturated carbocycles. The highest BCUT2D eigenvalue weighted by Crippen LogP contribution is 2.37. The highest BCUT2D eigenvalue weighted by Gasteiger charge is 2.18. The normalized spacial score (nSPS) is 10.3. The van der Waals surface area contributed by atoms with E-state index in [0.717, 1.165) is 0 Å². The molecule has 120 valence electrons. The van der Waals surface area contributed by atoms with Crippen LogP contribution >= 0.6 is 0 Å². The lowest BCUT2D eigenvalue weighted by atomic mass is 10.0. The van der Waals surface area contributed by atoms with Crippen molar-refractivity contribution in [1.29, 1.82) is 0 Å². The molecule has 2 aromatic rings. The van der Waals surface area contributed by atoms with Gasteiger partial charge in [0.2, 0.25) is 0 Å². The van der Waals surface area contributed by atoms with Gasteiger partial charge in [0.05, 0.1) is 5.56 Å². The van der Waals surface area contributed by atoms with E-state index in [0.29, 0.717) is 22.5 Å². The van der Waals surface area contributed by atoms with Gasteiger partial charge in [-0.3, -0.25) is 9.59 Å². The Balaban J connectivity index is 2.68. The van der Waals surface area contributed by atoms with Gasteiger partial charge >= 0.3 is 17.6 Å². The second kappa shape index (κ2) is 6.48. The van der Waals surface area contributed by atoms with Crippen molar-refractivity contribution in [3.8, 4) is 22.8 Å². The summed E-state index contributed by atoms with van der Waals surface area (Å²) in [5.74, 6) is -0.312. The van der Waals surface area contributed by atoms with E-state index in [-0.39, 0.29) is 11.5 Å². The second-order valence-electron chi connectivity index (χ2n) is 5.07. The highest BCUT2D eigenvalue weighted by molar-refractivity contribution is 5.78. The predicted octanol–water partition coefficient (Wildman–Crippen LogP) is 2.77. The van der Waals surface area contributed by atoms with E-state index in [2.05, 4.69) is 0 Å². The van der Waals surface area contributed by atoms with Gasteiger partial charge in [0, 0.05) is 26.0 Å². The number of carbonyl (C=O) groups excluding carboxylic acids is 2. The Bertz CT molecular complexity index is 831. The molecule has 0 aliphatic heterocycles. The Morgan fingerprint density at radius 2 is 1.52 bits per heavy atom. The van der Waals surface area contributed by atoms with E-state index in [1.54, 1.807) is 26.0 Å². The van der Waals surface area contributed by atoms with Gasteiger partial charge in [0.25, 0.3) is 0 Å². The summed E-state index contributed by atoms with van der Waals surface area (Å²) in [5.41, 5.74) is 1.26. The van der Waals surface area contributed by atoms with E-state index in [1.807, 2.05) is 0 Å². The molecule has 0 unspecified atom stereocenters. The third-order valence-electron chi connectivity index (χ3n) is 3.06. The first-order valence-corrected chi connectivity index (χ1v) is 6.90. The maximum atomic E-state index is 11.5. The van der Waals surface area contributed by atoms with Crippen LogP contribution in [-0.2, 0) is 9.59 Å². The van der Waals surface area contributed by atoms with E-state index in [4.69, 9.17) is 13.9 Å². The summed E-state index contributed by atoms with van der Waals surface area (Å²) >= 11 is 0. The summed E-state index contributed by atoms with van der Waals surface area (Å²) in [6.45, 7) is 6.03. The van der Waals surface area contributed by atoms with Crippen LogP contribution in [0.4, 0.5) is 0 Å². The molecule has 0 atom stereocenters. The lowest BCUT2D eigenvalue weighted by molar-refractivity contribution is -0.132. The van der Waals surface area contributed by atoms with E-state index in [9.17, 15) is 14.4 Å². The van der Waals surface area contributed by atoms with Crippen molar-refractivity contribution in [3.05, 3.63) is 45.8 Å². The minimum Gasteiger partial charge on any atom is -0.426 e. The number of esters is 2. The van der Waals surface area contributed by atoms with Gasteiger partial charge in [0.1, 0.15) is 17.3 Å². The Kier molecular flexibility index (Phi) is 4.64. The Hall–Kier alpha value is -2.89. The lowest BCUT2D eigenvalue weighted by Crippen LogP contribution is -2.07. The van der Waals surface area contributed by atoms with Crippen LogP contribution in [0, 0.1) is 13.8 Å². The molecule has 0 radical (unpaired) electrons. The summed E-state index contributed by atoms with van der Waals surface area (Å²) in [6, 6.07) is 6.00. The summed E-state index contributed by atoms with van der Waals surface area (Å²) < 4.78 is 15.5. The summed E-state index contributed by atoms with van der Waals surface area (Å²) in [7, 11) is 0. The number of carbonyl (C=O) groups is 2. The first kappa shape index (κ1) is 16.5. The molecular formula is C17H16O6. The quantitative estimate of drug-likeness (QED) is 0.639. The zero-order chi connectivity index (χ0) is 17.1. The highest BCUT2D eigenvalue weighted by atomic mass is 16.5. The second-order valence-corrected chi connectivity index (χ2v) is 5.07. The minimum atomic E-state index is -0.542. The topological polar surface area (TPSA) is 82.8 Å². The van der Waals surface area contributed by atoms with Crippen LogP contribution in [-0.4, -0.2) is 11.9 Å².